The van der Waals surface area contributed by atoms with Crippen LogP contribution in [-0.4, -0.2) is 63.9 Å². The zero-order valence-electron chi connectivity index (χ0n) is 17.6. The van der Waals surface area contributed by atoms with Gasteiger partial charge in [0.1, 0.15) is 10.3 Å². The quantitative estimate of drug-likeness (QED) is 0.759. The fraction of sp³-hybridized carbons (Fsp3) is 0.545. The van der Waals surface area contributed by atoms with Crippen molar-refractivity contribution in [1.29, 1.82) is 0 Å². The number of amides is 1. The van der Waals surface area contributed by atoms with E-state index < -0.39 is 0 Å². The van der Waals surface area contributed by atoms with Gasteiger partial charge in [-0.1, -0.05) is 11.8 Å². The number of carbonyl (C=O) groups is 1. The molecule has 0 saturated carbocycles. The summed E-state index contributed by atoms with van der Waals surface area (Å²) in [6.45, 7) is 11.6. The van der Waals surface area contributed by atoms with E-state index in [9.17, 15) is 4.79 Å². The van der Waals surface area contributed by atoms with Gasteiger partial charge in [-0.25, -0.2) is 4.98 Å². The maximum absolute atomic E-state index is 13.2. The molecule has 5 rings (SSSR count). The van der Waals surface area contributed by atoms with E-state index in [1.807, 2.05) is 18.9 Å². The Bertz CT molecular complexity index is 980. The Balaban J connectivity index is 1.61. The minimum atomic E-state index is -0.147. The molecule has 0 aromatic carbocycles. The van der Waals surface area contributed by atoms with Crippen molar-refractivity contribution < 1.29 is 9.53 Å². The van der Waals surface area contributed by atoms with Crippen molar-refractivity contribution in [2.24, 2.45) is 0 Å². The zero-order valence-corrected chi connectivity index (χ0v) is 18.4. The van der Waals surface area contributed by atoms with Crippen LogP contribution < -0.4 is 0 Å². The van der Waals surface area contributed by atoms with Gasteiger partial charge in [0.15, 0.2) is 0 Å². The molecule has 2 atom stereocenters. The Morgan fingerprint density at radius 1 is 1.21 bits per heavy atom. The largest absolute Gasteiger partial charge is 0.379 e. The van der Waals surface area contributed by atoms with Gasteiger partial charge < -0.3 is 14.2 Å². The molecule has 2 unspecified atom stereocenters. The summed E-state index contributed by atoms with van der Waals surface area (Å²) in [5.74, 6) is 0.202. The molecular weight excluding hydrogens is 384 g/mol. The molecule has 3 aliphatic rings. The summed E-state index contributed by atoms with van der Waals surface area (Å²) in [7, 11) is 1.92. The van der Waals surface area contributed by atoms with E-state index in [1.165, 1.54) is 28.1 Å². The summed E-state index contributed by atoms with van der Waals surface area (Å²) in [4.78, 5) is 22.3. The average molecular weight is 413 g/mol. The number of carbonyl (C=O) groups excluding carboxylic acids is 1. The highest BCUT2D eigenvalue weighted by Gasteiger charge is 2.45. The number of pyridine rings is 1. The van der Waals surface area contributed by atoms with Gasteiger partial charge in [-0.2, -0.15) is 0 Å². The Hall–Kier alpha value is -1.83. The van der Waals surface area contributed by atoms with Crippen LogP contribution in [0.15, 0.2) is 17.2 Å². The Morgan fingerprint density at radius 3 is 2.72 bits per heavy atom. The molecule has 2 aromatic rings. The van der Waals surface area contributed by atoms with Gasteiger partial charge >= 0.3 is 0 Å². The molecule has 5 heterocycles. The monoisotopic (exact) mass is 412 g/mol. The summed E-state index contributed by atoms with van der Waals surface area (Å²) in [6, 6.07) is 4.49. The number of nitrogens with zero attached hydrogens (tertiary/aromatic N) is 4. The lowest BCUT2D eigenvalue weighted by Crippen LogP contribution is -2.36. The maximum Gasteiger partial charge on any atom is 0.238 e. The van der Waals surface area contributed by atoms with Gasteiger partial charge in [0.05, 0.1) is 25.8 Å². The molecule has 0 aliphatic carbocycles. The predicted molar refractivity (Wildman–Crippen MR) is 113 cm³/mol. The van der Waals surface area contributed by atoms with Crippen LogP contribution in [0.5, 0.6) is 0 Å². The van der Waals surface area contributed by atoms with Gasteiger partial charge in [-0.15, -0.1) is 0 Å². The van der Waals surface area contributed by atoms with E-state index in [0.29, 0.717) is 6.54 Å². The highest BCUT2D eigenvalue weighted by Crippen LogP contribution is 2.50. The summed E-state index contributed by atoms with van der Waals surface area (Å²) < 4.78 is 7.94. The summed E-state index contributed by atoms with van der Waals surface area (Å²) in [5.41, 5.74) is 7.34. The lowest BCUT2D eigenvalue weighted by Gasteiger charge is -2.27. The number of morpholine rings is 1. The first kappa shape index (κ1) is 19.2. The van der Waals surface area contributed by atoms with Gasteiger partial charge in [-0.3, -0.25) is 9.69 Å². The summed E-state index contributed by atoms with van der Waals surface area (Å²) in [5, 5.41) is 0.876. The lowest BCUT2D eigenvalue weighted by atomic mass is 9.99. The fourth-order valence-corrected chi connectivity index (χ4v) is 6.51. The molecule has 6 nitrogen and oxygen atoms in total. The van der Waals surface area contributed by atoms with Crippen molar-refractivity contribution in [3.8, 4) is 0 Å². The van der Waals surface area contributed by atoms with Crippen LogP contribution >= 0.6 is 11.8 Å². The van der Waals surface area contributed by atoms with E-state index in [0.717, 1.165) is 43.6 Å². The molecule has 2 aromatic heterocycles. The Kier molecular flexibility index (Phi) is 4.72. The normalized spacial score (nSPS) is 24.3. The molecule has 7 heteroatoms. The molecule has 0 radical (unpaired) electrons. The van der Waals surface area contributed by atoms with Gasteiger partial charge in [-0.05, 0) is 44.0 Å². The van der Waals surface area contributed by atoms with E-state index in [2.05, 4.69) is 35.4 Å². The molecule has 154 valence electrons. The van der Waals surface area contributed by atoms with Gasteiger partial charge in [0, 0.05) is 49.3 Å². The van der Waals surface area contributed by atoms with Crippen LogP contribution in [0.1, 0.15) is 39.8 Å². The molecule has 0 N–H and O–H groups in total. The SMILES string of the molecule is Cc1cc(C)c2c(n1)SC1C(=O)N(C)Cc3cc(CN4CCOCC4)c(C)n3C21. The fourth-order valence-electron chi connectivity index (χ4n) is 5.00. The van der Waals surface area contributed by atoms with Crippen molar-refractivity contribution >= 4 is 17.7 Å². The maximum atomic E-state index is 13.2. The third-order valence-corrected chi connectivity index (χ3v) is 7.70. The number of aromatic nitrogens is 2. The second-order valence-corrected chi connectivity index (χ2v) is 9.61. The number of rotatable bonds is 2. The smallest absolute Gasteiger partial charge is 0.238 e. The van der Waals surface area contributed by atoms with Gasteiger partial charge in [0.2, 0.25) is 5.91 Å². The molecule has 0 bridgehead atoms. The first-order valence-corrected chi connectivity index (χ1v) is 11.2. The topological polar surface area (TPSA) is 50.6 Å². The summed E-state index contributed by atoms with van der Waals surface area (Å²) in [6.07, 6.45) is 0. The van der Waals surface area contributed by atoms with Crippen molar-refractivity contribution in [3.63, 3.8) is 0 Å². The van der Waals surface area contributed by atoms with E-state index in [-0.39, 0.29) is 17.2 Å². The Labute approximate surface area is 176 Å². The van der Waals surface area contributed by atoms with E-state index in [1.54, 1.807) is 11.8 Å². The third kappa shape index (κ3) is 3.10. The number of thioether (sulfide) groups is 1. The second-order valence-electron chi connectivity index (χ2n) is 8.48. The standard InChI is InChI=1S/C22H28N4O2S/c1-13-9-14(2)23-21-18(13)19-20(29-21)22(27)24(4)12-17-10-16(15(3)26(17)19)11-25-5-7-28-8-6-25/h9-10,19-20H,5-8,11-12H2,1-4H3. The van der Waals surface area contributed by atoms with Crippen molar-refractivity contribution in [3.05, 3.63) is 45.9 Å². The molecule has 1 saturated heterocycles. The lowest BCUT2D eigenvalue weighted by molar-refractivity contribution is -0.129. The molecule has 1 amide bonds. The Morgan fingerprint density at radius 2 is 1.97 bits per heavy atom. The van der Waals surface area contributed by atoms with Crippen LogP contribution in [0.25, 0.3) is 0 Å². The van der Waals surface area contributed by atoms with Crippen LogP contribution in [0.3, 0.4) is 0 Å². The first-order chi connectivity index (χ1) is 13.9. The molecule has 29 heavy (non-hydrogen) atoms. The van der Waals surface area contributed by atoms with Crippen LogP contribution in [-0.2, 0) is 22.6 Å². The minimum absolute atomic E-state index is 0.0222. The number of fused-ring (bicyclic) bond motifs is 5. The minimum Gasteiger partial charge on any atom is -0.379 e. The van der Waals surface area contributed by atoms with Gasteiger partial charge in [0.25, 0.3) is 0 Å². The highest BCUT2D eigenvalue weighted by atomic mass is 32.2. The predicted octanol–water partition coefficient (Wildman–Crippen LogP) is 2.68. The van der Waals surface area contributed by atoms with E-state index >= 15 is 0 Å². The molecule has 0 spiro atoms. The third-order valence-electron chi connectivity index (χ3n) is 6.45. The zero-order chi connectivity index (χ0) is 20.3. The van der Waals surface area contributed by atoms with Crippen molar-refractivity contribution in [2.45, 2.75) is 50.2 Å². The molecule has 3 aliphatic heterocycles. The number of ether oxygens (including phenoxy) is 1. The molecule has 1 fully saturated rings. The van der Waals surface area contributed by atoms with E-state index in [4.69, 9.17) is 9.72 Å². The van der Waals surface area contributed by atoms with Crippen LogP contribution in [0.2, 0.25) is 0 Å². The number of aryl methyl sites for hydroxylation is 2. The van der Waals surface area contributed by atoms with Crippen molar-refractivity contribution in [1.82, 2.24) is 19.4 Å². The van der Waals surface area contributed by atoms with Crippen LogP contribution in [0.4, 0.5) is 0 Å². The van der Waals surface area contributed by atoms with Crippen molar-refractivity contribution in [2.75, 3.05) is 33.4 Å². The average Bonchev–Trinajstić information content (AvgIpc) is 3.16. The number of hydrogen-bond donors (Lipinski definition) is 0. The summed E-state index contributed by atoms with van der Waals surface area (Å²) >= 11 is 1.64. The number of hydrogen-bond acceptors (Lipinski definition) is 5. The molecular formula is C22H28N4O2S. The first-order valence-electron chi connectivity index (χ1n) is 10.3. The van der Waals surface area contributed by atoms with Crippen LogP contribution in [0, 0.1) is 20.8 Å². The highest BCUT2D eigenvalue weighted by molar-refractivity contribution is 8.01. The second kappa shape index (κ2) is 7.15.